The number of ketones is 1. The Balaban J connectivity index is 1.68. The molecule has 1 aromatic carbocycles. The van der Waals surface area contributed by atoms with Crippen molar-refractivity contribution in [3.05, 3.63) is 53.3 Å². The number of hydrogen-bond acceptors (Lipinski definition) is 3. The molecule has 0 unspecified atom stereocenters. The number of Topliss-reactive ketones (excluding diaryl/α,β-unsaturated/α-hetero) is 1. The molecule has 1 aliphatic carbocycles. The monoisotopic (exact) mass is 325 g/mol. The van der Waals surface area contributed by atoms with Crippen molar-refractivity contribution in [2.45, 2.75) is 25.8 Å². The van der Waals surface area contributed by atoms with Crippen LogP contribution in [-0.4, -0.2) is 28.2 Å². The summed E-state index contributed by atoms with van der Waals surface area (Å²) in [5, 5.41) is 5.68. The van der Waals surface area contributed by atoms with Gasteiger partial charge >= 0.3 is 0 Å². The molecule has 1 saturated carbocycles. The van der Waals surface area contributed by atoms with Crippen molar-refractivity contribution < 1.29 is 14.4 Å². The lowest BCUT2D eigenvalue weighted by atomic mass is 10.2. The molecule has 24 heavy (non-hydrogen) atoms. The van der Waals surface area contributed by atoms with Crippen LogP contribution in [-0.2, 0) is 7.05 Å². The number of hydrogen-bond donors (Lipinski definition) is 2. The third-order valence-electron chi connectivity index (χ3n) is 3.96. The molecule has 0 aliphatic heterocycles. The molecule has 6 heteroatoms. The number of aromatic nitrogens is 1. The molecule has 2 amide bonds. The van der Waals surface area contributed by atoms with E-state index in [4.69, 9.17) is 0 Å². The Kier molecular flexibility index (Phi) is 4.20. The molecular weight excluding hydrogens is 306 g/mol. The standard InChI is InChI=1S/C18H19N3O3/c1-11(22)13-9-16(21(2)10-13)18(24)20-14-5-3-12(4-6-14)17(23)19-15-7-8-15/h3-6,9-10,15H,7-8H2,1-2H3,(H,19,23)(H,20,24). The van der Waals surface area contributed by atoms with E-state index in [9.17, 15) is 14.4 Å². The van der Waals surface area contributed by atoms with Crippen LogP contribution < -0.4 is 10.6 Å². The predicted molar refractivity (Wildman–Crippen MR) is 90.3 cm³/mol. The molecule has 1 fully saturated rings. The third-order valence-corrected chi connectivity index (χ3v) is 3.96. The first-order valence-corrected chi connectivity index (χ1v) is 7.83. The van der Waals surface area contributed by atoms with Crippen molar-refractivity contribution in [1.29, 1.82) is 0 Å². The zero-order valence-corrected chi connectivity index (χ0v) is 13.6. The minimum Gasteiger partial charge on any atom is -0.349 e. The molecule has 1 aliphatic rings. The second-order valence-corrected chi connectivity index (χ2v) is 6.06. The number of carbonyl (C=O) groups excluding carboxylic acids is 3. The van der Waals surface area contributed by atoms with Gasteiger partial charge < -0.3 is 15.2 Å². The molecule has 0 spiro atoms. The molecule has 0 bridgehead atoms. The normalized spacial score (nSPS) is 13.4. The molecule has 6 nitrogen and oxygen atoms in total. The second kappa shape index (κ2) is 6.31. The number of aryl methyl sites for hydroxylation is 1. The summed E-state index contributed by atoms with van der Waals surface area (Å²) in [4.78, 5) is 35.6. The van der Waals surface area contributed by atoms with E-state index in [0.29, 0.717) is 28.6 Å². The minimum absolute atomic E-state index is 0.0873. The SMILES string of the molecule is CC(=O)c1cc(C(=O)Nc2ccc(C(=O)NC3CC3)cc2)n(C)c1. The lowest BCUT2D eigenvalue weighted by Gasteiger charge is -2.07. The van der Waals surface area contributed by atoms with Gasteiger partial charge in [0.2, 0.25) is 0 Å². The number of amides is 2. The van der Waals surface area contributed by atoms with Gasteiger partial charge in [-0.1, -0.05) is 0 Å². The third kappa shape index (κ3) is 3.53. The molecule has 124 valence electrons. The van der Waals surface area contributed by atoms with Gasteiger partial charge in [0.05, 0.1) is 0 Å². The van der Waals surface area contributed by atoms with E-state index in [-0.39, 0.29) is 17.6 Å². The van der Waals surface area contributed by atoms with E-state index in [2.05, 4.69) is 10.6 Å². The topological polar surface area (TPSA) is 80.2 Å². The molecule has 1 aromatic heterocycles. The Labute approximate surface area is 139 Å². The van der Waals surface area contributed by atoms with Gasteiger partial charge in [-0.05, 0) is 50.1 Å². The minimum atomic E-state index is -0.305. The highest BCUT2D eigenvalue weighted by Crippen LogP contribution is 2.20. The van der Waals surface area contributed by atoms with Crippen LogP contribution in [0.4, 0.5) is 5.69 Å². The quantitative estimate of drug-likeness (QED) is 0.828. The molecule has 3 rings (SSSR count). The average Bonchev–Trinajstić information content (AvgIpc) is 3.26. The van der Waals surface area contributed by atoms with Gasteiger partial charge in [0.1, 0.15) is 5.69 Å². The van der Waals surface area contributed by atoms with E-state index in [1.54, 1.807) is 48.1 Å². The lowest BCUT2D eigenvalue weighted by molar-refractivity contribution is 0.0949. The van der Waals surface area contributed by atoms with E-state index in [0.717, 1.165) is 12.8 Å². The summed E-state index contributed by atoms with van der Waals surface area (Å²) in [6, 6.07) is 8.61. The van der Waals surface area contributed by atoms with Gasteiger partial charge in [0.25, 0.3) is 11.8 Å². The van der Waals surface area contributed by atoms with Gasteiger partial charge in [0.15, 0.2) is 5.78 Å². The maximum absolute atomic E-state index is 12.3. The Morgan fingerprint density at radius 1 is 1.04 bits per heavy atom. The Morgan fingerprint density at radius 2 is 1.71 bits per heavy atom. The summed E-state index contributed by atoms with van der Waals surface area (Å²) in [5.41, 5.74) is 2.05. The summed E-state index contributed by atoms with van der Waals surface area (Å²) in [6.45, 7) is 1.46. The zero-order chi connectivity index (χ0) is 17.3. The fraction of sp³-hybridized carbons (Fsp3) is 0.278. The van der Waals surface area contributed by atoms with E-state index < -0.39 is 0 Å². The van der Waals surface area contributed by atoms with E-state index in [1.165, 1.54) is 6.92 Å². The van der Waals surface area contributed by atoms with Crippen LogP contribution in [0.3, 0.4) is 0 Å². The highest BCUT2D eigenvalue weighted by Gasteiger charge is 2.23. The Bertz CT molecular complexity index is 801. The summed E-state index contributed by atoms with van der Waals surface area (Å²) in [6.07, 6.45) is 3.71. The molecular formula is C18H19N3O3. The Morgan fingerprint density at radius 3 is 2.25 bits per heavy atom. The van der Waals surface area contributed by atoms with Crippen LogP contribution in [0.1, 0.15) is 51.0 Å². The van der Waals surface area contributed by atoms with Gasteiger partial charge in [-0.3, -0.25) is 14.4 Å². The lowest BCUT2D eigenvalue weighted by Crippen LogP contribution is -2.25. The fourth-order valence-corrected chi connectivity index (χ4v) is 2.38. The van der Waals surface area contributed by atoms with Gasteiger partial charge in [-0.15, -0.1) is 0 Å². The van der Waals surface area contributed by atoms with E-state index >= 15 is 0 Å². The van der Waals surface area contributed by atoms with Crippen molar-refractivity contribution in [1.82, 2.24) is 9.88 Å². The van der Waals surface area contributed by atoms with Crippen LogP contribution in [0.5, 0.6) is 0 Å². The molecule has 0 atom stereocenters. The van der Waals surface area contributed by atoms with Crippen molar-refractivity contribution in [2.75, 3.05) is 5.32 Å². The largest absolute Gasteiger partial charge is 0.349 e. The first kappa shape index (κ1) is 16.0. The van der Waals surface area contributed by atoms with Crippen molar-refractivity contribution in [2.24, 2.45) is 7.05 Å². The number of benzene rings is 1. The van der Waals surface area contributed by atoms with Gasteiger partial charge in [-0.25, -0.2) is 0 Å². The van der Waals surface area contributed by atoms with Crippen molar-refractivity contribution >= 4 is 23.3 Å². The highest BCUT2D eigenvalue weighted by molar-refractivity contribution is 6.05. The summed E-state index contributed by atoms with van der Waals surface area (Å²) < 4.78 is 1.61. The Hall–Kier alpha value is -2.89. The van der Waals surface area contributed by atoms with Crippen LogP contribution in [0, 0.1) is 0 Å². The number of rotatable bonds is 5. The number of carbonyl (C=O) groups is 3. The molecule has 0 saturated heterocycles. The van der Waals surface area contributed by atoms with Gasteiger partial charge in [0, 0.05) is 36.1 Å². The summed E-state index contributed by atoms with van der Waals surface area (Å²) in [7, 11) is 1.71. The number of nitrogens with one attached hydrogen (secondary N) is 2. The zero-order valence-electron chi connectivity index (χ0n) is 13.6. The van der Waals surface area contributed by atoms with E-state index in [1.807, 2.05) is 0 Å². The summed E-state index contributed by atoms with van der Waals surface area (Å²) in [5.74, 6) is -0.486. The summed E-state index contributed by atoms with van der Waals surface area (Å²) >= 11 is 0. The van der Waals surface area contributed by atoms with Gasteiger partial charge in [-0.2, -0.15) is 0 Å². The molecule has 0 radical (unpaired) electrons. The maximum Gasteiger partial charge on any atom is 0.272 e. The van der Waals surface area contributed by atoms with Crippen LogP contribution in [0.25, 0.3) is 0 Å². The van der Waals surface area contributed by atoms with Crippen LogP contribution in [0.2, 0.25) is 0 Å². The first-order valence-electron chi connectivity index (χ1n) is 7.83. The van der Waals surface area contributed by atoms with Crippen molar-refractivity contribution in [3.63, 3.8) is 0 Å². The average molecular weight is 325 g/mol. The number of nitrogens with zero attached hydrogens (tertiary/aromatic N) is 1. The highest BCUT2D eigenvalue weighted by atomic mass is 16.2. The first-order chi connectivity index (χ1) is 11.4. The molecule has 1 heterocycles. The maximum atomic E-state index is 12.3. The second-order valence-electron chi connectivity index (χ2n) is 6.06. The van der Waals surface area contributed by atoms with Crippen LogP contribution >= 0.6 is 0 Å². The van der Waals surface area contributed by atoms with Crippen LogP contribution in [0.15, 0.2) is 36.5 Å². The molecule has 2 N–H and O–H groups in total. The molecule has 2 aromatic rings. The fourth-order valence-electron chi connectivity index (χ4n) is 2.38. The van der Waals surface area contributed by atoms with Crippen molar-refractivity contribution in [3.8, 4) is 0 Å². The number of anilines is 1. The predicted octanol–water partition coefficient (Wildman–Crippen LogP) is 2.37. The smallest absolute Gasteiger partial charge is 0.272 e.